The van der Waals surface area contributed by atoms with Gasteiger partial charge in [-0.2, -0.15) is 0 Å². The van der Waals surface area contributed by atoms with Crippen molar-refractivity contribution in [3.05, 3.63) is 34.9 Å². The maximum absolute atomic E-state index is 5.98. The number of fused-ring (bicyclic) bond motifs is 2. The lowest BCUT2D eigenvalue weighted by Crippen LogP contribution is -2.25. The number of rotatable bonds is 6. The van der Waals surface area contributed by atoms with Crippen molar-refractivity contribution in [1.29, 1.82) is 0 Å². The van der Waals surface area contributed by atoms with Gasteiger partial charge in [0.1, 0.15) is 0 Å². The molecule has 0 saturated heterocycles. The number of benzene rings is 1. The fourth-order valence-electron chi connectivity index (χ4n) is 4.57. The molecule has 2 aliphatic rings. The SMILES string of the molecule is CNCC(Cc1ccc(Cl)cc1)CC1CC2CCC1C2. The Morgan fingerprint density at radius 1 is 1.20 bits per heavy atom. The number of hydrogen-bond acceptors (Lipinski definition) is 1. The van der Waals surface area contributed by atoms with Crippen LogP contribution in [0.4, 0.5) is 0 Å². The zero-order valence-electron chi connectivity index (χ0n) is 12.4. The molecule has 2 bridgehead atoms. The topological polar surface area (TPSA) is 12.0 Å². The molecule has 1 aromatic carbocycles. The molecule has 1 N–H and O–H groups in total. The van der Waals surface area contributed by atoms with Gasteiger partial charge in [-0.3, -0.25) is 0 Å². The quantitative estimate of drug-likeness (QED) is 0.811. The van der Waals surface area contributed by atoms with Crippen molar-refractivity contribution in [3.63, 3.8) is 0 Å². The van der Waals surface area contributed by atoms with Gasteiger partial charge in [0.15, 0.2) is 0 Å². The standard InChI is InChI=1S/C18H26ClN/c1-20-12-15(8-13-3-6-18(19)7-4-13)11-17-10-14-2-5-16(17)9-14/h3-4,6-7,14-17,20H,2,5,8-12H2,1H3. The summed E-state index contributed by atoms with van der Waals surface area (Å²) < 4.78 is 0. The average molecular weight is 292 g/mol. The summed E-state index contributed by atoms with van der Waals surface area (Å²) in [5.74, 6) is 3.88. The van der Waals surface area contributed by atoms with E-state index in [0.717, 1.165) is 35.2 Å². The van der Waals surface area contributed by atoms with Crippen LogP contribution in [0.2, 0.25) is 5.02 Å². The number of nitrogens with one attached hydrogen (secondary N) is 1. The van der Waals surface area contributed by atoms with Gasteiger partial charge < -0.3 is 5.32 Å². The first kappa shape index (κ1) is 14.4. The van der Waals surface area contributed by atoms with Crippen molar-refractivity contribution in [2.24, 2.45) is 23.7 Å². The maximum Gasteiger partial charge on any atom is 0.0406 e. The van der Waals surface area contributed by atoms with E-state index in [9.17, 15) is 0 Å². The van der Waals surface area contributed by atoms with Gasteiger partial charge in [0.25, 0.3) is 0 Å². The second kappa shape index (κ2) is 6.49. The molecule has 4 unspecified atom stereocenters. The van der Waals surface area contributed by atoms with Crippen LogP contribution in [0, 0.1) is 23.7 Å². The van der Waals surface area contributed by atoms with Crippen LogP contribution in [0.5, 0.6) is 0 Å². The summed E-state index contributed by atoms with van der Waals surface area (Å²) in [6.07, 6.45) is 8.64. The Hall–Kier alpha value is -0.530. The van der Waals surface area contributed by atoms with Crippen LogP contribution in [0.1, 0.15) is 37.7 Å². The molecule has 0 spiro atoms. The Kier molecular flexibility index (Phi) is 4.68. The molecule has 110 valence electrons. The predicted octanol–water partition coefficient (Wildman–Crippen LogP) is 4.54. The second-order valence-electron chi connectivity index (χ2n) is 6.92. The molecule has 0 amide bonds. The number of hydrogen-bond donors (Lipinski definition) is 1. The molecular formula is C18H26ClN. The van der Waals surface area contributed by atoms with Crippen LogP contribution >= 0.6 is 11.6 Å². The lowest BCUT2D eigenvalue weighted by molar-refractivity contribution is 0.263. The minimum absolute atomic E-state index is 0.769. The van der Waals surface area contributed by atoms with E-state index in [1.807, 2.05) is 12.1 Å². The third-order valence-corrected chi connectivity index (χ3v) is 5.70. The Bertz CT molecular complexity index is 428. The van der Waals surface area contributed by atoms with Crippen LogP contribution in [0.3, 0.4) is 0 Å². The lowest BCUT2D eigenvalue weighted by Gasteiger charge is -2.27. The third-order valence-electron chi connectivity index (χ3n) is 5.45. The first-order valence-electron chi connectivity index (χ1n) is 8.13. The van der Waals surface area contributed by atoms with E-state index in [4.69, 9.17) is 11.6 Å². The molecule has 2 heteroatoms. The van der Waals surface area contributed by atoms with Crippen molar-refractivity contribution in [1.82, 2.24) is 5.32 Å². The molecule has 2 fully saturated rings. The molecule has 0 aliphatic heterocycles. The fraction of sp³-hybridized carbons (Fsp3) is 0.667. The molecule has 2 saturated carbocycles. The second-order valence-corrected chi connectivity index (χ2v) is 7.36. The smallest absolute Gasteiger partial charge is 0.0406 e. The van der Waals surface area contributed by atoms with Gasteiger partial charge in [-0.25, -0.2) is 0 Å². The van der Waals surface area contributed by atoms with Gasteiger partial charge in [-0.1, -0.05) is 30.2 Å². The molecule has 1 aromatic rings. The fourth-order valence-corrected chi connectivity index (χ4v) is 4.70. The van der Waals surface area contributed by atoms with E-state index in [-0.39, 0.29) is 0 Å². The predicted molar refractivity (Wildman–Crippen MR) is 86.1 cm³/mol. The average Bonchev–Trinajstić information content (AvgIpc) is 3.04. The van der Waals surface area contributed by atoms with E-state index in [2.05, 4.69) is 24.5 Å². The van der Waals surface area contributed by atoms with Gasteiger partial charge in [-0.15, -0.1) is 0 Å². The highest BCUT2D eigenvalue weighted by Crippen LogP contribution is 2.50. The molecule has 0 heterocycles. The van der Waals surface area contributed by atoms with Crippen molar-refractivity contribution in [2.75, 3.05) is 13.6 Å². The molecule has 2 aliphatic carbocycles. The van der Waals surface area contributed by atoms with Gasteiger partial charge >= 0.3 is 0 Å². The summed E-state index contributed by atoms with van der Waals surface area (Å²) in [6, 6.07) is 8.41. The Morgan fingerprint density at radius 2 is 2.00 bits per heavy atom. The Labute approximate surface area is 128 Å². The van der Waals surface area contributed by atoms with Crippen LogP contribution in [0.15, 0.2) is 24.3 Å². The zero-order chi connectivity index (χ0) is 13.9. The highest BCUT2D eigenvalue weighted by atomic mass is 35.5. The first-order valence-corrected chi connectivity index (χ1v) is 8.51. The molecule has 20 heavy (non-hydrogen) atoms. The van der Waals surface area contributed by atoms with Crippen LogP contribution in [-0.2, 0) is 6.42 Å². The van der Waals surface area contributed by atoms with Crippen molar-refractivity contribution >= 4 is 11.6 Å². The zero-order valence-corrected chi connectivity index (χ0v) is 13.2. The van der Waals surface area contributed by atoms with E-state index >= 15 is 0 Å². The minimum Gasteiger partial charge on any atom is -0.319 e. The summed E-state index contributed by atoms with van der Waals surface area (Å²) in [4.78, 5) is 0. The number of halogens is 1. The largest absolute Gasteiger partial charge is 0.319 e. The van der Waals surface area contributed by atoms with E-state index in [1.165, 1.54) is 44.1 Å². The lowest BCUT2D eigenvalue weighted by atomic mass is 9.80. The molecule has 0 radical (unpaired) electrons. The minimum atomic E-state index is 0.769. The molecule has 3 rings (SSSR count). The van der Waals surface area contributed by atoms with Gasteiger partial charge in [0.05, 0.1) is 0 Å². The summed E-state index contributed by atoms with van der Waals surface area (Å²) in [6.45, 7) is 1.14. The molecule has 4 atom stereocenters. The molecular weight excluding hydrogens is 266 g/mol. The first-order chi connectivity index (χ1) is 9.74. The van der Waals surface area contributed by atoms with E-state index < -0.39 is 0 Å². The van der Waals surface area contributed by atoms with Gasteiger partial charge in [0, 0.05) is 5.02 Å². The van der Waals surface area contributed by atoms with E-state index in [0.29, 0.717) is 0 Å². The van der Waals surface area contributed by atoms with Crippen molar-refractivity contribution < 1.29 is 0 Å². The third kappa shape index (κ3) is 3.38. The normalized spacial score (nSPS) is 29.8. The summed E-state index contributed by atoms with van der Waals surface area (Å²) in [7, 11) is 2.08. The summed E-state index contributed by atoms with van der Waals surface area (Å²) in [5, 5.41) is 4.23. The highest BCUT2D eigenvalue weighted by Gasteiger charge is 2.39. The van der Waals surface area contributed by atoms with Crippen LogP contribution in [-0.4, -0.2) is 13.6 Å². The van der Waals surface area contributed by atoms with Gasteiger partial charge in [-0.05, 0) is 87.1 Å². The monoisotopic (exact) mass is 291 g/mol. The summed E-state index contributed by atoms with van der Waals surface area (Å²) in [5.41, 5.74) is 1.43. The van der Waals surface area contributed by atoms with Crippen LogP contribution in [0.25, 0.3) is 0 Å². The highest BCUT2D eigenvalue weighted by molar-refractivity contribution is 6.30. The van der Waals surface area contributed by atoms with Crippen LogP contribution < -0.4 is 5.32 Å². The van der Waals surface area contributed by atoms with Crippen molar-refractivity contribution in [2.45, 2.75) is 38.5 Å². The van der Waals surface area contributed by atoms with Crippen molar-refractivity contribution in [3.8, 4) is 0 Å². The molecule has 1 nitrogen and oxygen atoms in total. The van der Waals surface area contributed by atoms with E-state index in [1.54, 1.807) is 0 Å². The maximum atomic E-state index is 5.98. The summed E-state index contributed by atoms with van der Waals surface area (Å²) >= 11 is 5.98. The Balaban J connectivity index is 1.59. The van der Waals surface area contributed by atoms with Gasteiger partial charge in [0.2, 0.25) is 0 Å². The molecule has 0 aromatic heterocycles. The Morgan fingerprint density at radius 3 is 2.60 bits per heavy atom.